The molecule has 3 unspecified atom stereocenters. The summed E-state index contributed by atoms with van der Waals surface area (Å²) >= 11 is 0. The maximum atomic E-state index is 13.0. The lowest BCUT2D eigenvalue weighted by atomic mass is 9.97. The number of hydrogen-bond donors (Lipinski definition) is 5. The van der Waals surface area contributed by atoms with Crippen LogP contribution in [0.2, 0.25) is 0 Å². The largest absolute Gasteiger partial charge is 0.507 e. The van der Waals surface area contributed by atoms with Gasteiger partial charge in [0.2, 0.25) is 0 Å². The number of carboxylic acid groups (broad SMARTS) is 1. The van der Waals surface area contributed by atoms with Crippen molar-refractivity contribution in [3.63, 3.8) is 0 Å². The van der Waals surface area contributed by atoms with Crippen LogP contribution in [0.5, 0.6) is 11.5 Å². The van der Waals surface area contributed by atoms with Crippen molar-refractivity contribution in [1.29, 1.82) is 0 Å². The van der Waals surface area contributed by atoms with Crippen molar-refractivity contribution in [3.8, 4) is 11.5 Å². The molecule has 2 aromatic rings. The molecule has 1 aliphatic heterocycles. The number of nitrogens with two attached hydrogens (primary N) is 2. The average molecular weight is 528 g/mol. The average Bonchev–Trinajstić information content (AvgIpc) is 3.32. The van der Waals surface area contributed by atoms with E-state index in [0.717, 1.165) is 24.1 Å². The lowest BCUT2D eigenvalue weighted by Crippen LogP contribution is -2.56. The van der Waals surface area contributed by atoms with Crippen molar-refractivity contribution >= 4 is 17.6 Å². The Balaban J connectivity index is 1.97. The van der Waals surface area contributed by atoms with Crippen LogP contribution < -0.4 is 26.4 Å². The van der Waals surface area contributed by atoms with Gasteiger partial charge in [0, 0.05) is 29.9 Å². The zero-order chi connectivity index (χ0) is 28.1. The number of phenolic OH excluding ortho intramolecular Hbond substituents is 1. The van der Waals surface area contributed by atoms with Gasteiger partial charge in [0.15, 0.2) is 6.17 Å². The molecule has 38 heavy (non-hydrogen) atoms. The summed E-state index contributed by atoms with van der Waals surface area (Å²) in [6, 6.07) is 10.1. The molecule has 10 nitrogen and oxygen atoms in total. The number of benzene rings is 2. The maximum Gasteiger partial charge on any atom is 0.320 e. The highest BCUT2D eigenvalue weighted by molar-refractivity contribution is 5.85. The first-order valence-corrected chi connectivity index (χ1v) is 13.0. The Kier molecular flexibility index (Phi) is 9.59. The summed E-state index contributed by atoms with van der Waals surface area (Å²) in [7, 11) is 1.54. The number of carbonyl (C=O) groups excluding carboxylic acids is 1. The Morgan fingerprint density at radius 1 is 1.13 bits per heavy atom. The van der Waals surface area contributed by atoms with Gasteiger partial charge in [0.1, 0.15) is 23.7 Å². The number of amides is 1. The maximum absolute atomic E-state index is 13.0. The third-order valence-corrected chi connectivity index (χ3v) is 6.89. The molecule has 1 saturated heterocycles. The van der Waals surface area contributed by atoms with Crippen LogP contribution >= 0.6 is 0 Å². The molecule has 10 heteroatoms. The van der Waals surface area contributed by atoms with Crippen molar-refractivity contribution in [3.05, 3.63) is 53.1 Å². The molecule has 0 spiro atoms. The molecular formula is C28H41N5O5. The van der Waals surface area contributed by atoms with E-state index >= 15 is 0 Å². The minimum atomic E-state index is -1.14. The first kappa shape index (κ1) is 29.2. The first-order chi connectivity index (χ1) is 17.9. The molecule has 7 N–H and O–H groups in total. The van der Waals surface area contributed by atoms with Gasteiger partial charge in [0.25, 0.3) is 5.91 Å². The zero-order valence-corrected chi connectivity index (χ0v) is 22.8. The number of aromatic hydroxyl groups is 1. The number of anilines is 1. The van der Waals surface area contributed by atoms with Gasteiger partial charge in [-0.3, -0.25) is 14.5 Å². The molecule has 3 rings (SSSR count). The van der Waals surface area contributed by atoms with Gasteiger partial charge < -0.3 is 36.6 Å². The molecule has 0 radical (unpaired) electrons. The SMILES string of the molecule is COc1cc(O)c(C(N)N(c2ccc(CN3CCCC3C(=O)O)cc2)C(N)C(=O)NC(C)C)cc1C(C)C. The van der Waals surface area contributed by atoms with Crippen LogP contribution in [-0.2, 0) is 16.1 Å². The summed E-state index contributed by atoms with van der Waals surface area (Å²) in [6.07, 6.45) is -0.606. The standard InChI is InChI=1S/C28H41N5O5/c1-16(2)20-13-21(23(34)14-24(20)38-5)25(29)33(26(30)27(35)31-17(3)4)19-10-8-18(9-11-19)15-32-12-6-7-22(32)28(36)37/h8-11,13-14,16-17,22,25-26,34H,6-7,12,15,29-30H2,1-5H3,(H,31,35)(H,36,37). The van der Waals surface area contributed by atoms with Crippen molar-refractivity contribution < 1.29 is 24.5 Å². The lowest BCUT2D eigenvalue weighted by Gasteiger charge is -2.36. The van der Waals surface area contributed by atoms with E-state index < -0.39 is 30.2 Å². The normalized spacial score (nSPS) is 17.4. The Morgan fingerprint density at radius 2 is 1.79 bits per heavy atom. The van der Waals surface area contributed by atoms with Gasteiger partial charge >= 0.3 is 5.97 Å². The number of methoxy groups -OCH3 is 1. The second-order valence-electron chi connectivity index (χ2n) is 10.4. The number of carbonyl (C=O) groups is 2. The minimum absolute atomic E-state index is 0.0643. The van der Waals surface area contributed by atoms with Crippen LogP contribution in [0.1, 0.15) is 69.3 Å². The first-order valence-electron chi connectivity index (χ1n) is 13.0. The third kappa shape index (κ3) is 6.56. The van der Waals surface area contributed by atoms with Gasteiger partial charge in [-0.05, 0) is 68.5 Å². The number of likely N-dealkylation sites (tertiary alicyclic amines) is 1. The highest BCUT2D eigenvalue weighted by Crippen LogP contribution is 2.37. The van der Waals surface area contributed by atoms with E-state index in [1.165, 1.54) is 6.07 Å². The fourth-order valence-corrected chi connectivity index (χ4v) is 4.91. The molecule has 0 saturated carbocycles. The lowest BCUT2D eigenvalue weighted by molar-refractivity contribution is -0.142. The summed E-state index contributed by atoms with van der Waals surface area (Å²) < 4.78 is 5.44. The van der Waals surface area contributed by atoms with Crippen molar-refractivity contribution in [2.24, 2.45) is 11.5 Å². The van der Waals surface area contributed by atoms with Crippen molar-refractivity contribution in [2.45, 2.75) is 77.4 Å². The summed E-state index contributed by atoms with van der Waals surface area (Å²) in [5, 5.41) is 23.2. The topological polar surface area (TPSA) is 154 Å². The van der Waals surface area contributed by atoms with Crippen LogP contribution in [0.15, 0.2) is 36.4 Å². The summed E-state index contributed by atoms with van der Waals surface area (Å²) in [5.74, 6) is -0.628. The van der Waals surface area contributed by atoms with Crippen LogP contribution in [-0.4, -0.2) is 58.9 Å². The molecule has 208 valence electrons. The van der Waals surface area contributed by atoms with Crippen LogP contribution in [0, 0.1) is 0 Å². The second-order valence-corrected chi connectivity index (χ2v) is 10.4. The summed E-state index contributed by atoms with van der Waals surface area (Å²) in [6.45, 7) is 8.94. The van der Waals surface area contributed by atoms with E-state index in [4.69, 9.17) is 16.2 Å². The monoisotopic (exact) mass is 527 g/mol. The fourth-order valence-electron chi connectivity index (χ4n) is 4.91. The quantitative estimate of drug-likeness (QED) is 0.277. The minimum Gasteiger partial charge on any atom is -0.507 e. The van der Waals surface area contributed by atoms with Crippen molar-refractivity contribution in [2.75, 3.05) is 18.6 Å². The van der Waals surface area contributed by atoms with Crippen molar-refractivity contribution in [1.82, 2.24) is 10.2 Å². The molecule has 0 bridgehead atoms. The zero-order valence-electron chi connectivity index (χ0n) is 22.8. The Labute approximate surface area is 224 Å². The fraction of sp³-hybridized carbons (Fsp3) is 0.500. The van der Waals surface area contributed by atoms with Gasteiger partial charge in [0.05, 0.1) is 7.11 Å². The number of carboxylic acids is 1. The van der Waals surface area contributed by atoms with E-state index in [1.54, 1.807) is 18.1 Å². The number of nitrogens with zero attached hydrogens (tertiary/aromatic N) is 2. The van der Waals surface area contributed by atoms with E-state index in [2.05, 4.69) is 5.32 Å². The van der Waals surface area contributed by atoms with Gasteiger partial charge in [-0.2, -0.15) is 0 Å². The third-order valence-electron chi connectivity index (χ3n) is 6.89. The van der Waals surface area contributed by atoms with E-state index in [9.17, 15) is 19.8 Å². The Morgan fingerprint density at radius 3 is 2.34 bits per heavy atom. The highest BCUT2D eigenvalue weighted by atomic mass is 16.5. The van der Waals surface area contributed by atoms with Crippen LogP contribution in [0.4, 0.5) is 5.69 Å². The number of aliphatic carboxylic acids is 1. The molecular weight excluding hydrogens is 486 g/mol. The molecule has 0 aromatic heterocycles. The van der Waals surface area contributed by atoms with E-state index in [-0.39, 0.29) is 17.7 Å². The van der Waals surface area contributed by atoms with Crippen LogP contribution in [0.3, 0.4) is 0 Å². The second kappa shape index (κ2) is 12.5. The molecule has 1 fully saturated rings. The summed E-state index contributed by atoms with van der Waals surface area (Å²) in [5.41, 5.74) is 16.0. The number of hydrogen-bond acceptors (Lipinski definition) is 8. The van der Waals surface area contributed by atoms with E-state index in [1.807, 2.05) is 56.9 Å². The Hall–Kier alpha value is -3.34. The molecule has 1 heterocycles. The molecule has 3 atom stereocenters. The number of rotatable bonds is 11. The highest BCUT2D eigenvalue weighted by Gasteiger charge is 2.32. The molecule has 2 aromatic carbocycles. The van der Waals surface area contributed by atoms with Crippen LogP contribution in [0.25, 0.3) is 0 Å². The smallest absolute Gasteiger partial charge is 0.320 e. The van der Waals surface area contributed by atoms with Gasteiger partial charge in [-0.25, -0.2) is 0 Å². The number of ether oxygens (including phenoxy) is 1. The number of phenols is 1. The molecule has 1 aliphatic rings. The molecule has 0 aliphatic carbocycles. The van der Waals surface area contributed by atoms with Gasteiger partial charge in [-0.15, -0.1) is 0 Å². The van der Waals surface area contributed by atoms with Gasteiger partial charge in [-0.1, -0.05) is 26.0 Å². The number of nitrogens with one attached hydrogen (secondary N) is 1. The predicted octanol–water partition coefficient (Wildman–Crippen LogP) is 2.85. The predicted molar refractivity (Wildman–Crippen MR) is 147 cm³/mol. The molecule has 1 amide bonds. The Bertz CT molecular complexity index is 1120. The summed E-state index contributed by atoms with van der Waals surface area (Å²) in [4.78, 5) is 28.1. The van der Waals surface area contributed by atoms with E-state index in [0.29, 0.717) is 30.0 Å².